The molecule has 6 heteroatoms. The molecular formula is C9H13NO5. The van der Waals surface area contributed by atoms with Crippen LogP contribution in [0.15, 0.2) is 23.1 Å². The molecular weight excluding hydrogens is 202 g/mol. The lowest BCUT2D eigenvalue weighted by Gasteiger charge is -2.02. The van der Waals surface area contributed by atoms with Crippen LogP contribution in [-0.2, 0) is 4.79 Å². The topological polar surface area (TPSA) is 101 Å². The smallest absolute Gasteiger partial charge is 0.335 e. The highest BCUT2D eigenvalue weighted by Gasteiger charge is 2.23. The zero-order valence-corrected chi connectivity index (χ0v) is 8.56. The highest BCUT2D eigenvalue weighted by Crippen LogP contribution is 2.16. The molecule has 0 aliphatic carbocycles. The Hall–Kier alpha value is -1.85. The number of aliphatic hydroxyl groups is 1. The summed E-state index contributed by atoms with van der Waals surface area (Å²) in [6, 6.07) is 0. The van der Waals surface area contributed by atoms with Gasteiger partial charge in [-0.25, -0.2) is 4.79 Å². The molecule has 0 aliphatic heterocycles. The van der Waals surface area contributed by atoms with E-state index in [9.17, 15) is 20.0 Å². The van der Waals surface area contributed by atoms with Gasteiger partial charge in [-0.1, -0.05) is 13.8 Å². The van der Waals surface area contributed by atoms with Crippen LogP contribution in [0.5, 0.6) is 0 Å². The van der Waals surface area contributed by atoms with Gasteiger partial charge in [-0.3, -0.25) is 10.1 Å². The van der Waals surface area contributed by atoms with E-state index >= 15 is 0 Å². The van der Waals surface area contributed by atoms with E-state index in [-0.39, 0.29) is 12.0 Å². The Labute approximate surface area is 86.7 Å². The average Bonchev–Trinajstić information content (AvgIpc) is 2.13. The monoisotopic (exact) mass is 215 g/mol. The van der Waals surface area contributed by atoms with Crippen molar-refractivity contribution in [1.29, 1.82) is 0 Å². The zero-order valence-electron chi connectivity index (χ0n) is 8.56. The Morgan fingerprint density at radius 1 is 1.40 bits per heavy atom. The van der Waals surface area contributed by atoms with Gasteiger partial charge in [0, 0.05) is 0 Å². The van der Waals surface area contributed by atoms with Crippen LogP contribution in [0.3, 0.4) is 0 Å². The molecule has 0 bridgehead atoms. The summed E-state index contributed by atoms with van der Waals surface area (Å²) >= 11 is 0. The van der Waals surface area contributed by atoms with E-state index in [1.165, 1.54) is 13.0 Å². The fourth-order valence-corrected chi connectivity index (χ4v) is 1.03. The van der Waals surface area contributed by atoms with Gasteiger partial charge in [0.15, 0.2) is 0 Å². The summed E-state index contributed by atoms with van der Waals surface area (Å²) < 4.78 is 0. The van der Waals surface area contributed by atoms with Crippen molar-refractivity contribution in [2.75, 3.05) is 0 Å². The number of carboxylic acid groups (broad SMARTS) is 1. The average molecular weight is 215 g/mol. The molecule has 0 aromatic heterocycles. The summed E-state index contributed by atoms with van der Waals surface area (Å²) in [6.45, 7) is 3.16. The predicted molar refractivity (Wildman–Crippen MR) is 53.0 cm³/mol. The van der Waals surface area contributed by atoms with Crippen molar-refractivity contribution < 1.29 is 19.9 Å². The minimum atomic E-state index is -1.35. The summed E-state index contributed by atoms with van der Waals surface area (Å²) in [5.41, 5.74) is -0.914. The Kier molecular flexibility index (Phi) is 5.08. The van der Waals surface area contributed by atoms with Gasteiger partial charge in [0.05, 0.1) is 10.5 Å². The molecule has 0 aliphatic rings. The molecule has 0 aromatic carbocycles. The lowest BCUT2D eigenvalue weighted by atomic mass is 10.1. The van der Waals surface area contributed by atoms with Gasteiger partial charge in [-0.05, 0) is 18.9 Å². The van der Waals surface area contributed by atoms with Crippen molar-refractivity contribution in [3.05, 3.63) is 33.2 Å². The third-order valence-corrected chi connectivity index (χ3v) is 1.73. The molecule has 0 fully saturated rings. The van der Waals surface area contributed by atoms with Crippen molar-refractivity contribution >= 4 is 5.97 Å². The van der Waals surface area contributed by atoms with Crippen LogP contribution in [0.4, 0.5) is 0 Å². The highest BCUT2D eigenvalue weighted by molar-refractivity contribution is 5.87. The molecule has 0 spiro atoms. The molecule has 0 radical (unpaired) electrons. The van der Waals surface area contributed by atoms with Crippen molar-refractivity contribution in [2.24, 2.45) is 0 Å². The van der Waals surface area contributed by atoms with Crippen LogP contribution in [0.2, 0.25) is 0 Å². The highest BCUT2D eigenvalue weighted by atomic mass is 16.6. The normalized spacial score (nSPS) is 13.3. The van der Waals surface area contributed by atoms with Gasteiger partial charge in [0.25, 0.3) is 0 Å². The molecule has 2 N–H and O–H groups in total. The Morgan fingerprint density at radius 2 is 1.93 bits per heavy atom. The van der Waals surface area contributed by atoms with Crippen molar-refractivity contribution in [3.8, 4) is 0 Å². The molecule has 0 amide bonds. The predicted octanol–water partition coefficient (Wildman–Crippen LogP) is 1.86. The Bertz CT molecular complexity index is 329. The number of hydrogen-bond donors (Lipinski definition) is 2. The first kappa shape index (κ1) is 13.2. The quantitative estimate of drug-likeness (QED) is 0.239. The maximum atomic E-state index is 10.6. The number of carboxylic acids is 1. The molecule has 0 saturated heterocycles. The third-order valence-electron chi connectivity index (χ3n) is 1.73. The van der Waals surface area contributed by atoms with Crippen LogP contribution in [-0.4, -0.2) is 21.1 Å². The van der Waals surface area contributed by atoms with Crippen LogP contribution >= 0.6 is 0 Å². The van der Waals surface area contributed by atoms with Crippen LogP contribution in [0, 0.1) is 10.1 Å². The summed E-state index contributed by atoms with van der Waals surface area (Å²) in [4.78, 5) is 20.4. The van der Waals surface area contributed by atoms with Crippen LogP contribution in [0.1, 0.15) is 26.7 Å². The van der Waals surface area contributed by atoms with E-state index in [2.05, 4.69) is 0 Å². The summed E-state index contributed by atoms with van der Waals surface area (Å²) in [7, 11) is 0. The molecule has 0 saturated carbocycles. The zero-order chi connectivity index (χ0) is 12.0. The van der Waals surface area contributed by atoms with E-state index in [0.29, 0.717) is 6.42 Å². The second-order valence-electron chi connectivity index (χ2n) is 2.74. The van der Waals surface area contributed by atoms with Crippen molar-refractivity contribution in [1.82, 2.24) is 0 Å². The summed E-state index contributed by atoms with van der Waals surface area (Å²) in [6.07, 6.45) is 1.54. The molecule has 15 heavy (non-hydrogen) atoms. The van der Waals surface area contributed by atoms with E-state index in [1.807, 2.05) is 0 Å². The number of nitro groups is 1. The number of aliphatic carboxylic acids is 1. The lowest BCUT2D eigenvalue weighted by Crippen LogP contribution is -2.10. The SMILES string of the molecule is CC/C=C(\C(O)=C(/CC)C(=O)O)[N+](=O)[O-]. The van der Waals surface area contributed by atoms with Gasteiger partial charge in [0.2, 0.25) is 5.76 Å². The number of carbonyl (C=O) groups is 1. The Morgan fingerprint density at radius 3 is 2.20 bits per heavy atom. The van der Waals surface area contributed by atoms with Gasteiger partial charge in [-0.15, -0.1) is 0 Å². The third kappa shape index (κ3) is 3.41. The standard InChI is InChI=1S/C9H13NO5/c1-3-5-7(10(14)15)8(11)6(4-2)9(12)13/h5,11H,3-4H2,1-2H3,(H,12,13)/b7-5+,8-6-. The first-order valence-electron chi connectivity index (χ1n) is 4.45. The molecule has 0 unspecified atom stereocenters. The van der Waals surface area contributed by atoms with Crippen LogP contribution < -0.4 is 0 Å². The molecule has 0 aromatic rings. The fourth-order valence-electron chi connectivity index (χ4n) is 1.03. The van der Waals surface area contributed by atoms with Gasteiger partial charge in [-0.2, -0.15) is 0 Å². The summed E-state index contributed by atoms with van der Waals surface area (Å²) in [5.74, 6) is -2.12. The molecule has 6 nitrogen and oxygen atoms in total. The minimum Gasteiger partial charge on any atom is -0.502 e. The summed E-state index contributed by atoms with van der Waals surface area (Å²) in [5, 5.41) is 28.6. The number of allylic oxidation sites excluding steroid dienone is 1. The molecule has 0 atom stereocenters. The second kappa shape index (κ2) is 5.79. The number of hydrogen-bond acceptors (Lipinski definition) is 4. The Balaban J connectivity index is 5.41. The van der Waals surface area contributed by atoms with E-state index in [1.54, 1.807) is 6.92 Å². The van der Waals surface area contributed by atoms with E-state index < -0.39 is 22.3 Å². The van der Waals surface area contributed by atoms with Gasteiger partial charge in [0.1, 0.15) is 0 Å². The van der Waals surface area contributed by atoms with Crippen molar-refractivity contribution in [3.63, 3.8) is 0 Å². The molecule has 0 heterocycles. The van der Waals surface area contributed by atoms with Crippen LogP contribution in [0.25, 0.3) is 0 Å². The first-order valence-corrected chi connectivity index (χ1v) is 4.45. The van der Waals surface area contributed by atoms with E-state index in [4.69, 9.17) is 5.11 Å². The van der Waals surface area contributed by atoms with Gasteiger partial charge < -0.3 is 10.2 Å². The van der Waals surface area contributed by atoms with Gasteiger partial charge >= 0.3 is 11.7 Å². The minimum absolute atomic E-state index is 0.0239. The molecule has 84 valence electrons. The second-order valence-corrected chi connectivity index (χ2v) is 2.74. The number of aliphatic hydroxyl groups excluding tert-OH is 1. The molecule has 0 rings (SSSR count). The first-order chi connectivity index (χ1) is 6.95. The van der Waals surface area contributed by atoms with Crippen molar-refractivity contribution in [2.45, 2.75) is 26.7 Å². The number of nitrogens with zero attached hydrogens (tertiary/aromatic N) is 1. The largest absolute Gasteiger partial charge is 0.502 e. The maximum Gasteiger partial charge on any atom is 0.335 e. The maximum absolute atomic E-state index is 10.6. The lowest BCUT2D eigenvalue weighted by molar-refractivity contribution is -0.424. The van der Waals surface area contributed by atoms with E-state index in [0.717, 1.165) is 0 Å². The fraction of sp³-hybridized carbons (Fsp3) is 0.444. The number of rotatable bonds is 5.